The highest BCUT2D eigenvalue weighted by molar-refractivity contribution is 5.94. The molecule has 1 atom stereocenters. The molecule has 3 N–H and O–H groups in total. The summed E-state index contributed by atoms with van der Waals surface area (Å²) in [4.78, 5) is 21.1. The lowest BCUT2D eigenvalue weighted by Crippen LogP contribution is -2.32. The Balaban J connectivity index is 2.83. The molecule has 1 amide bonds. The third-order valence-corrected chi connectivity index (χ3v) is 1.74. The van der Waals surface area contributed by atoms with Gasteiger partial charge in [-0.3, -0.25) is 14.9 Å². The minimum absolute atomic E-state index is 0.0718. The largest absolute Gasteiger partial charge is 0.324 e. The number of nitrogens with zero attached hydrogens (tertiary/aromatic N) is 1. The topological polar surface area (TPSA) is 98.3 Å². The summed E-state index contributed by atoms with van der Waals surface area (Å²) < 4.78 is 0. The third kappa shape index (κ3) is 3.03. The first-order chi connectivity index (χ1) is 7.00. The van der Waals surface area contributed by atoms with E-state index >= 15 is 0 Å². The van der Waals surface area contributed by atoms with Crippen LogP contribution >= 0.6 is 0 Å². The number of hydrogen-bond donors (Lipinski definition) is 2. The molecule has 0 bridgehead atoms. The van der Waals surface area contributed by atoms with Crippen LogP contribution in [0.1, 0.15) is 6.92 Å². The lowest BCUT2D eigenvalue weighted by atomic mass is 10.2. The highest BCUT2D eigenvalue weighted by Crippen LogP contribution is 2.16. The van der Waals surface area contributed by atoms with Gasteiger partial charge in [-0.05, 0) is 13.0 Å². The van der Waals surface area contributed by atoms with Crippen molar-refractivity contribution in [1.29, 1.82) is 0 Å². The number of rotatable bonds is 3. The van der Waals surface area contributed by atoms with Gasteiger partial charge in [-0.1, -0.05) is 6.07 Å². The standard InChI is InChI=1S/C9H11N3O3/c1-6(10)9(13)11-7-3-2-4-8(5-7)12(14)15/h2-6H,10H2,1H3,(H,11,13)/t6-/m0/s1. The molecule has 0 aliphatic heterocycles. The molecular weight excluding hydrogens is 198 g/mol. The summed E-state index contributed by atoms with van der Waals surface area (Å²) in [6.07, 6.45) is 0. The summed E-state index contributed by atoms with van der Waals surface area (Å²) in [7, 11) is 0. The van der Waals surface area contributed by atoms with Crippen LogP contribution < -0.4 is 11.1 Å². The Morgan fingerprint density at radius 1 is 1.60 bits per heavy atom. The van der Waals surface area contributed by atoms with Crippen LogP contribution in [0, 0.1) is 10.1 Å². The number of benzene rings is 1. The van der Waals surface area contributed by atoms with Crippen LogP contribution in [0.25, 0.3) is 0 Å². The molecule has 6 nitrogen and oxygen atoms in total. The monoisotopic (exact) mass is 209 g/mol. The zero-order valence-electron chi connectivity index (χ0n) is 8.14. The maximum absolute atomic E-state index is 11.2. The Labute approximate surface area is 86.2 Å². The first-order valence-corrected chi connectivity index (χ1v) is 4.31. The first kappa shape index (κ1) is 11.1. The van der Waals surface area contributed by atoms with Crippen molar-refractivity contribution >= 4 is 17.3 Å². The number of nitro groups is 1. The fourth-order valence-corrected chi connectivity index (χ4v) is 0.953. The van der Waals surface area contributed by atoms with Crippen molar-refractivity contribution in [3.05, 3.63) is 34.4 Å². The van der Waals surface area contributed by atoms with E-state index in [0.29, 0.717) is 5.69 Å². The molecule has 0 aliphatic carbocycles. The van der Waals surface area contributed by atoms with Crippen molar-refractivity contribution in [1.82, 2.24) is 0 Å². The molecule has 0 heterocycles. The SMILES string of the molecule is C[C@H](N)C(=O)Nc1cccc([N+](=O)[O-])c1. The number of nitrogens with one attached hydrogen (secondary N) is 1. The van der Waals surface area contributed by atoms with Gasteiger partial charge >= 0.3 is 0 Å². The van der Waals surface area contributed by atoms with Gasteiger partial charge in [0.05, 0.1) is 11.0 Å². The summed E-state index contributed by atoms with van der Waals surface area (Å²) in [5, 5.41) is 12.9. The van der Waals surface area contributed by atoms with Gasteiger partial charge < -0.3 is 11.1 Å². The molecule has 1 aromatic carbocycles. The quantitative estimate of drug-likeness (QED) is 0.570. The minimum Gasteiger partial charge on any atom is -0.324 e. The van der Waals surface area contributed by atoms with Crippen molar-refractivity contribution in [3.63, 3.8) is 0 Å². The van der Waals surface area contributed by atoms with Gasteiger partial charge in [0.15, 0.2) is 0 Å². The van der Waals surface area contributed by atoms with Crippen LogP contribution in [0.5, 0.6) is 0 Å². The van der Waals surface area contributed by atoms with Gasteiger partial charge in [-0.2, -0.15) is 0 Å². The molecule has 0 aromatic heterocycles. The van der Waals surface area contributed by atoms with E-state index in [1.54, 1.807) is 6.07 Å². The molecule has 15 heavy (non-hydrogen) atoms. The van der Waals surface area contributed by atoms with E-state index < -0.39 is 11.0 Å². The number of hydrogen-bond acceptors (Lipinski definition) is 4. The van der Waals surface area contributed by atoms with Crippen LogP contribution in [0.2, 0.25) is 0 Å². The predicted molar refractivity (Wildman–Crippen MR) is 55.4 cm³/mol. The Morgan fingerprint density at radius 3 is 2.80 bits per heavy atom. The fourth-order valence-electron chi connectivity index (χ4n) is 0.953. The van der Waals surface area contributed by atoms with E-state index in [4.69, 9.17) is 5.73 Å². The fraction of sp³-hybridized carbons (Fsp3) is 0.222. The van der Waals surface area contributed by atoms with Crippen LogP contribution in [-0.4, -0.2) is 16.9 Å². The van der Waals surface area contributed by atoms with E-state index in [2.05, 4.69) is 5.32 Å². The van der Waals surface area contributed by atoms with Crippen LogP contribution in [0.15, 0.2) is 24.3 Å². The molecule has 0 radical (unpaired) electrons. The maximum atomic E-state index is 11.2. The van der Waals surface area contributed by atoms with Gasteiger partial charge in [0, 0.05) is 17.8 Å². The molecule has 0 saturated carbocycles. The molecular formula is C9H11N3O3. The lowest BCUT2D eigenvalue weighted by molar-refractivity contribution is -0.384. The van der Waals surface area contributed by atoms with Crippen LogP contribution in [0.4, 0.5) is 11.4 Å². The molecule has 1 aromatic rings. The Hall–Kier alpha value is -1.95. The van der Waals surface area contributed by atoms with Crippen molar-refractivity contribution in [2.24, 2.45) is 5.73 Å². The molecule has 6 heteroatoms. The number of non-ortho nitro benzene ring substituents is 1. The van der Waals surface area contributed by atoms with Crippen LogP contribution in [-0.2, 0) is 4.79 Å². The average molecular weight is 209 g/mol. The Bertz CT molecular complexity index is 390. The van der Waals surface area contributed by atoms with Gasteiger partial charge in [-0.15, -0.1) is 0 Å². The van der Waals surface area contributed by atoms with Gasteiger partial charge in [0.25, 0.3) is 5.69 Å². The number of nitrogens with two attached hydrogens (primary N) is 1. The van der Waals surface area contributed by atoms with Crippen molar-refractivity contribution < 1.29 is 9.72 Å². The maximum Gasteiger partial charge on any atom is 0.271 e. The van der Waals surface area contributed by atoms with Gasteiger partial charge in [0.1, 0.15) is 0 Å². The van der Waals surface area contributed by atoms with Crippen LogP contribution in [0.3, 0.4) is 0 Å². The number of amides is 1. The summed E-state index contributed by atoms with van der Waals surface area (Å²) in [5.41, 5.74) is 5.63. The summed E-state index contributed by atoms with van der Waals surface area (Å²) in [6, 6.07) is 5.04. The molecule has 1 rings (SSSR count). The molecule has 0 aliphatic rings. The second kappa shape index (κ2) is 4.52. The zero-order chi connectivity index (χ0) is 11.4. The normalized spacial score (nSPS) is 11.9. The molecule has 0 saturated heterocycles. The summed E-state index contributed by atoms with van der Waals surface area (Å²) in [5.74, 6) is -0.379. The number of carbonyl (C=O) groups excluding carboxylic acids is 1. The predicted octanol–water partition coefficient (Wildman–Crippen LogP) is 0.880. The second-order valence-corrected chi connectivity index (χ2v) is 3.09. The third-order valence-electron chi connectivity index (χ3n) is 1.74. The highest BCUT2D eigenvalue weighted by atomic mass is 16.6. The number of carbonyl (C=O) groups is 1. The minimum atomic E-state index is -0.649. The van der Waals surface area contributed by atoms with Gasteiger partial charge in [0.2, 0.25) is 5.91 Å². The van der Waals surface area contributed by atoms with E-state index in [1.165, 1.54) is 25.1 Å². The summed E-state index contributed by atoms with van der Waals surface area (Å²) >= 11 is 0. The van der Waals surface area contributed by atoms with Crippen molar-refractivity contribution in [2.75, 3.05) is 5.32 Å². The number of nitro benzene ring substituents is 1. The average Bonchev–Trinajstić information content (AvgIpc) is 2.18. The lowest BCUT2D eigenvalue weighted by Gasteiger charge is -2.06. The van der Waals surface area contributed by atoms with E-state index in [0.717, 1.165) is 0 Å². The molecule has 0 spiro atoms. The highest BCUT2D eigenvalue weighted by Gasteiger charge is 2.10. The van der Waals surface area contributed by atoms with E-state index in [-0.39, 0.29) is 11.6 Å². The van der Waals surface area contributed by atoms with E-state index in [1.807, 2.05) is 0 Å². The molecule has 0 unspecified atom stereocenters. The summed E-state index contributed by atoms with van der Waals surface area (Å²) in [6.45, 7) is 1.53. The second-order valence-electron chi connectivity index (χ2n) is 3.09. The Morgan fingerprint density at radius 2 is 2.27 bits per heavy atom. The van der Waals surface area contributed by atoms with Gasteiger partial charge in [-0.25, -0.2) is 0 Å². The van der Waals surface area contributed by atoms with Crippen molar-refractivity contribution in [2.45, 2.75) is 13.0 Å². The number of anilines is 1. The molecule has 0 fully saturated rings. The first-order valence-electron chi connectivity index (χ1n) is 4.31. The smallest absolute Gasteiger partial charge is 0.271 e. The zero-order valence-corrected chi connectivity index (χ0v) is 8.14. The molecule has 80 valence electrons. The Kier molecular flexibility index (Phi) is 3.35. The van der Waals surface area contributed by atoms with Crippen molar-refractivity contribution in [3.8, 4) is 0 Å². The van der Waals surface area contributed by atoms with E-state index in [9.17, 15) is 14.9 Å².